The smallest absolute Gasteiger partial charge is 0.338 e. The Morgan fingerprint density at radius 1 is 0.733 bits per heavy atom. The standard InChI is InChI=1S/C31H42ClNO4.C20H32ClNO/c1-7-37-28(36)22-9-12-24(13-10-22)33-27(35)19-31(17-16-30(5,6)26(31)20-34)23-11-8-21(25(32)18-23)14-15-29(2,3)4;1-18(2,3)9-8-14-6-7-15(12-16(14)21)20(22)11-10-19(4,5)17(20)13-23/h8-13,18,26,34H,7,14-17,19-20H2,1-6H3,(H,33,35);6-7,12,17,23H,8-11,13,22H2,1-5H3. The van der Waals surface area contributed by atoms with Gasteiger partial charge in [0, 0.05) is 52.2 Å². The van der Waals surface area contributed by atoms with Crippen LogP contribution in [0.1, 0.15) is 154 Å². The predicted molar refractivity (Wildman–Crippen MR) is 249 cm³/mol. The lowest BCUT2D eigenvalue weighted by Crippen LogP contribution is -2.45. The molecule has 0 saturated heterocycles. The number of nitrogens with one attached hydrogen (secondary N) is 1. The van der Waals surface area contributed by atoms with Gasteiger partial charge in [-0.1, -0.05) is 117 Å². The number of aryl methyl sites for hydroxylation is 2. The molecule has 2 aliphatic carbocycles. The van der Waals surface area contributed by atoms with E-state index in [1.807, 2.05) is 12.1 Å². The molecule has 7 nitrogen and oxygen atoms in total. The number of aliphatic hydroxyl groups is 2. The molecule has 5 rings (SSSR count). The highest BCUT2D eigenvalue weighted by atomic mass is 35.5. The van der Waals surface area contributed by atoms with Crippen LogP contribution in [0.3, 0.4) is 0 Å². The second-order valence-corrected chi connectivity index (χ2v) is 22.2. The minimum Gasteiger partial charge on any atom is -0.462 e. The Labute approximate surface area is 371 Å². The third-order valence-electron chi connectivity index (χ3n) is 13.6. The molecule has 2 saturated carbocycles. The van der Waals surface area contributed by atoms with Crippen molar-refractivity contribution in [3.8, 4) is 0 Å². The minimum absolute atomic E-state index is 0.00207. The third-order valence-corrected chi connectivity index (χ3v) is 14.3. The molecule has 1 amide bonds. The van der Waals surface area contributed by atoms with E-state index in [9.17, 15) is 19.8 Å². The number of hydrogen-bond donors (Lipinski definition) is 4. The molecule has 4 atom stereocenters. The number of carbonyl (C=O) groups is 2. The summed E-state index contributed by atoms with van der Waals surface area (Å²) in [7, 11) is 0. The van der Waals surface area contributed by atoms with E-state index in [0.29, 0.717) is 23.3 Å². The van der Waals surface area contributed by atoms with Gasteiger partial charge in [0.25, 0.3) is 0 Å². The number of benzene rings is 3. The summed E-state index contributed by atoms with van der Waals surface area (Å²) in [5.74, 6) is -0.547. The molecule has 9 heteroatoms. The Balaban J connectivity index is 0.000000295. The van der Waals surface area contributed by atoms with E-state index in [-0.39, 0.29) is 59.6 Å². The maximum atomic E-state index is 13.4. The largest absolute Gasteiger partial charge is 0.462 e. The fourth-order valence-electron chi connectivity index (χ4n) is 9.57. The quantitative estimate of drug-likeness (QED) is 0.127. The summed E-state index contributed by atoms with van der Waals surface area (Å²) in [6, 6.07) is 19.2. The van der Waals surface area contributed by atoms with Gasteiger partial charge in [0.15, 0.2) is 0 Å². The minimum atomic E-state index is -0.528. The highest BCUT2D eigenvalue weighted by Crippen LogP contribution is 2.57. The number of anilines is 1. The van der Waals surface area contributed by atoms with E-state index in [1.54, 1.807) is 31.2 Å². The Morgan fingerprint density at radius 3 is 1.70 bits per heavy atom. The van der Waals surface area contributed by atoms with Crippen LogP contribution in [-0.4, -0.2) is 41.9 Å². The van der Waals surface area contributed by atoms with Gasteiger partial charge >= 0.3 is 5.97 Å². The number of amides is 1. The normalized spacial score (nSPS) is 23.5. The van der Waals surface area contributed by atoms with Crippen LogP contribution in [-0.2, 0) is 33.3 Å². The van der Waals surface area contributed by atoms with Crippen molar-refractivity contribution in [2.24, 2.45) is 39.2 Å². The third kappa shape index (κ3) is 12.2. The van der Waals surface area contributed by atoms with E-state index in [4.69, 9.17) is 33.7 Å². The number of ether oxygens (including phenoxy) is 1. The molecular formula is C51H74Cl2N2O5. The van der Waals surface area contributed by atoms with Crippen molar-refractivity contribution in [3.05, 3.63) is 98.5 Å². The second kappa shape index (κ2) is 19.6. The molecule has 0 aromatic heterocycles. The van der Waals surface area contributed by atoms with E-state index >= 15 is 0 Å². The molecule has 3 aromatic rings. The maximum absolute atomic E-state index is 13.4. The summed E-state index contributed by atoms with van der Waals surface area (Å²) in [4.78, 5) is 25.3. The first-order chi connectivity index (χ1) is 27.8. The molecule has 0 radical (unpaired) electrons. The van der Waals surface area contributed by atoms with Gasteiger partial charge in [0.05, 0.1) is 12.2 Å². The van der Waals surface area contributed by atoms with Gasteiger partial charge in [-0.05, 0) is 145 Å². The average Bonchev–Trinajstić information content (AvgIpc) is 3.56. The zero-order valence-electron chi connectivity index (χ0n) is 38.4. The molecule has 5 N–H and O–H groups in total. The number of carbonyl (C=O) groups excluding carboxylic acids is 2. The first-order valence-electron chi connectivity index (χ1n) is 22.0. The number of rotatable bonds is 13. The summed E-state index contributed by atoms with van der Waals surface area (Å²) >= 11 is 13.3. The second-order valence-electron chi connectivity index (χ2n) is 21.4. The number of halogens is 2. The summed E-state index contributed by atoms with van der Waals surface area (Å²) in [5.41, 5.74) is 11.6. The van der Waals surface area contributed by atoms with E-state index in [1.165, 1.54) is 5.56 Å². The van der Waals surface area contributed by atoms with Gasteiger partial charge in [-0.3, -0.25) is 4.79 Å². The molecule has 0 aliphatic heterocycles. The van der Waals surface area contributed by atoms with E-state index in [2.05, 4.69) is 98.8 Å². The van der Waals surface area contributed by atoms with Crippen LogP contribution in [0.15, 0.2) is 60.7 Å². The molecule has 0 bridgehead atoms. The van der Waals surface area contributed by atoms with Gasteiger partial charge in [-0.15, -0.1) is 0 Å². The van der Waals surface area contributed by atoms with Crippen molar-refractivity contribution in [2.45, 2.75) is 145 Å². The lowest BCUT2D eigenvalue weighted by molar-refractivity contribution is -0.118. The average molecular weight is 866 g/mol. The molecular weight excluding hydrogens is 791 g/mol. The van der Waals surface area contributed by atoms with Gasteiger partial charge in [0.1, 0.15) is 0 Å². The maximum Gasteiger partial charge on any atom is 0.338 e. The lowest BCUT2D eigenvalue weighted by atomic mass is 9.65. The van der Waals surface area contributed by atoms with Crippen LogP contribution in [0.4, 0.5) is 5.69 Å². The Morgan fingerprint density at radius 2 is 1.22 bits per heavy atom. The van der Waals surface area contributed by atoms with Gasteiger partial charge < -0.3 is 26.0 Å². The van der Waals surface area contributed by atoms with Crippen LogP contribution < -0.4 is 11.1 Å². The Hall–Kier alpha value is -2.94. The SMILES string of the molecule is CC(C)(C)CCc1ccc(C2(N)CCC(C)(C)C2CO)cc1Cl.CCOC(=O)c1ccc(NC(=O)CC2(c3ccc(CCC(C)(C)C)c(Cl)c3)CCC(C)(C)C2CO)cc1. The summed E-state index contributed by atoms with van der Waals surface area (Å²) in [6.45, 7) is 24.3. The fourth-order valence-corrected chi connectivity index (χ4v) is 10.1. The fraction of sp³-hybridized carbons (Fsp3) is 0.608. The molecule has 332 valence electrons. The Bertz CT molecular complexity index is 1930. The first kappa shape index (κ1) is 49.7. The van der Waals surface area contributed by atoms with Crippen LogP contribution in [0.2, 0.25) is 10.0 Å². The van der Waals surface area contributed by atoms with Crippen molar-refractivity contribution in [1.29, 1.82) is 0 Å². The highest BCUT2D eigenvalue weighted by Gasteiger charge is 2.54. The highest BCUT2D eigenvalue weighted by molar-refractivity contribution is 6.31. The zero-order chi connectivity index (χ0) is 44.9. The molecule has 60 heavy (non-hydrogen) atoms. The van der Waals surface area contributed by atoms with Crippen molar-refractivity contribution in [2.75, 3.05) is 25.1 Å². The zero-order valence-corrected chi connectivity index (χ0v) is 39.9. The van der Waals surface area contributed by atoms with Gasteiger partial charge in [0.2, 0.25) is 5.91 Å². The lowest BCUT2D eigenvalue weighted by Gasteiger charge is -2.40. The van der Waals surface area contributed by atoms with Gasteiger partial charge in [-0.25, -0.2) is 4.79 Å². The molecule has 4 unspecified atom stereocenters. The molecule has 0 spiro atoms. The van der Waals surface area contributed by atoms with Crippen molar-refractivity contribution in [3.63, 3.8) is 0 Å². The molecule has 0 heterocycles. The van der Waals surface area contributed by atoms with Crippen molar-refractivity contribution in [1.82, 2.24) is 0 Å². The number of nitrogens with two attached hydrogens (primary N) is 1. The van der Waals surface area contributed by atoms with Crippen LogP contribution >= 0.6 is 23.2 Å². The van der Waals surface area contributed by atoms with Crippen LogP contribution in [0.5, 0.6) is 0 Å². The first-order valence-corrected chi connectivity index (χ1v) is 22.7. The number of hydrogen-bond acceptors (Lipinski definition) is 6. The van der Waals surface area contributed by atoms with Crippen LogP contribution in [0, 0.1) is 33.5 Å². The number of aliphatic hydroxyl groups excluding tert-OH is 2. The van der Waals surface area contributed by atoms with E-state index in [0.717, 1.165) is 78.1 Å². The number of esters is 1. The molecule has 2 aliphatic rings. The molecule has 2 fully saturated rings. The predicted octanol–water partition coefficient (Wildman–Crippen LogP) is 12.1. The monoisotopic (exact) mass is 864 g/mol. The summed E-state index contributed by atoms with van der Waals surface area (Å²) < 4.78 is 5.03. The van der Waals surface area contributed by atoms with Crippen LogP contribution in [0.25, 0.3) is 0 Å². The van der Waals surface area contributed by atoms with Gasteiger partial charge in [-0.2, -0.15) is 0 Å². The molecule has 3 aromatic carbocycles. The van der Waals surface area contributed by atoms with E-state index < -0.39 is 11.0 Å². The van der Waals surface area contributed by atoms with Crippen molar-refractivity contribution >= 4 is 40.8 Å². The Kier molecular flexibility index (Phi) is 16.3. The summed E-state index contributed by atoms with van der Waals surface area (Å²) in [6.07, 6.45) is 7.86. The topological polar surface area (TPSA) is 122 Å². The van der Waals surface area contributed by atoms with Crippen molar-refractivity contribution < 1.29 is 24.5 Å². The summed E-state index contributed by atoms with van der Waals surface area (Å²) in [5, 5.41) is 24.9.